The van der Waals surface area contributed by atoms with Gasteiger partial charge in [-0.2, -0.15) is 0 Å². The van der Waals surface area contributed by atoms with Gasteiger partial charge in [-0.15, -0.1) is 0 Å². The van der Waals surface area contributed by atoms with Crippen LogP contribution in [0.25, 0.3) is 17.3 Å². The van der Waals surface area contributed by atoms with Crippen molar-refractivity contribution in [2.75, 3.05) is 0 Å². The van der Waals surface area contributed by atoms with Crippen LogP contribution in [0.15, 0.2) is 89.7 Å². The fourth-order valence-electron chi connectivity index (χ4n) is 3.21. The van der Waals surface area contributed by atoms with E-state index in [4.69, 9.17) is 23.8 Å². The number of hydrogen-bond acceptors (Lipinski definition) is 3. The first-order chi connectivity index (χ1) is 14.5. The SMILES string of the molecule is O=c1[nH]c(=S)n(-c2ccc(Cl)cc2)c(O)c1C=C(c1ccccc1)c1ccccc1. The van der Waals surface area contributed by atoms with Crippen LogP contribution in [0.1, 0.15) is 16.7 Å². The molecule has 0 aliphatic rings. The van der Waals surface area contributed by atoms with Crippen LogP contribution in [0.3, 0.4) is 0 Å². The molecular weight excluding hydrogens is 416 g/mol. The molecule has 4 nitrogen and oxygen atoms in total. The van der Waals surface area contributed by atoms with Crippen LogP contribution < -0.4 is 5.56 Å². The molecule has 4 rings (SSSR count). The van der Waals surface area contributed by atoms with Crippen molar-refractivity contribution < 1.29 is 5.11 Å². The molecule has 0 atom stereocenters. The molecular formula is C24H17ClN2O2S. The minimum absolute atomic E-state index is 0.0953. The highest BCUT2D eigenvalue weighted by Gasteiger charge is 2.15. The molecule has 0 saturated carbocycles. The largest absolute Gasteiger partial charge is 0.494 e. The summed E-state index contributed by atoms with van der Waals surface area (Å²) in [4.78, 5) is 15.4. The minimum atomic E-state index is -0.466. The second-order valence-corrected chi connectivity index (χ2v) is 7.42. The van der Waals surface area contributed by atoms with Gasteiger partial charge in [-0.1, -0.05) is 72.3 Å². The maximum absolute atomic E-state index is 12.7. The van der Waals surface area contributed by atoms with Crippen molar-refractivity contribution >= 4 is 35.5 Å². The number of nitrogens with zero attached hydrogens (tertiary/aromatic N) is 1. The summed E-state index contributed by atoms with van der Waals surface area (Å²) in [6.07, 6.45) is 1.68. The summed E-state index contributed by atoms with van der Waals surface area (Å²) in [5.74, 6) is -0.240. The van der Waals surface area contributed by atoms with E-state index in [0.717, 1.165) is 16.7 Å². The lowest BCUT2D eigenvalue weighted by Gasteiger charge is -2.13. The zero-order chi connectivity index (χ0) is 21.1. The number of H-pyrrole nitrogens is 1. The van der Waals surface area contributed by atoms with Crippen molar-refractivity contribution in [1.29, 1.82) is 0 Å². The average molecular weight is 433 g/mol. The maximum Gasteiger partial charge on any atom is 0.262 e. The molecule has 2 N–H and O–H groups in total. The van der Waals surface area contributed by atoms with E-state index in [1.54, 1.807) is 30.3 Å². The van der Waals surface area contributed by atoms with Gasteiger partial charge >= 0.3 is 0 Å². The van der Waals surface area contributed by atoms with E-state index in [9.17, 15) is 9.90 Å². The summed E-state index contributed by atoms with van der Waals surface area (Å²) >= 11 is 11.3. The average Bonchev–Trinajstić information content (AvgIpc) is 2.76. The van der Waals surface area contributed by atoms with Crippen LogP contribution in [-0.2, 0) is 0 Å². The van der Waals surface area contributed by atoms with E-state index in [1.807, 2.05) is 60.7 Å². The predicted octanol–water partition coefficient (Wildman–Crippen LogP) is 5.84. The predicted molar refractivity (Wildman–Crippen MR) is 124 cm³/mol. The Morgan fingerprint density at radius 2 is 1.43 bits per heavy atom. The summed E-state index contributed by atoms with van der Waals surface area (Å²) in [6, 6.07) is 26.2. The fraction of sp³-hybridized carbons (Fsp3) is 0. The van der Waals surface area contributed by atoms with Gasteiger partial charge in [0.25, 0.3) is 5.56 Å². The highest BCUT2D eigenvalue weighted by Crippen LogP contribution is 2.29. The molecule has 0 saturated heterocycles. The molecule has 1 heterocycles. The van der Waals surface area contributed by atoms with Crippen LogP contribution in [0.2, 0.25) is 5.02 Å². The van der Waals surface area contributed by atoms with Crippen molar-refractivity contribution in [2.45, 2.75) is 0 Å². The summed E-state index contributed by atoms with van der Waals surface area (Å²) in [6.45, 7) is 0. The number of aromatic amines is 1. The molecule has 6 heteroatoms. The molecule has 0 aliphatic carbocycles. The van der Waals surface area contributed by atoms with Crippen molar-refractivity contribution in [2.24, 2.45) is 0 Å². The zero-order valence-corrected chi connectivity index (χ0v) is 17.3. The Labute approximate surface area is 183 Å². The number of aromatic nitrogens is 2. The first kappa shape index (κ1) is 19.9. The molecule has 0 bridgehead atoms. The Balaban J connectivity index is 1.97. The Hall–Kier alpha value is -3.41. The molecule has 1 aromatic heterocycles. The van der Waals surface area contributed by atoms with E-state index in [0.29, 0.717) is 10.7 Å². The molecule has 0 fully saturated rings. The third kappa shape index (κ3) is 3.99. The van der Waals surface area contributed by atoms with Crippen molar-refractivity contribution in [3.63, 3.8) is 0 Å². The van der Waals surface area contributed by atoms with Gasteiger partial charge in [0.2, 0.25) is 5.88 Å². The number of benzene rings is 3. The lowest BCUT2D eigenvalue weighted by Crippen LogP contribution is -2.16. The van der Waals surface area contributed by atoms with Gasteiger partial charge in [-0.05, 0) is 59.3 Å². The van der Waals surface area contributed by atoms with E-state index in [1.165, 1.54) is 4.57 Å². The third-order valence-corrected chi connectivity index (χ3v) is 5.20. The van der Waals surface area contributed by atoms with Crippen LogP contribution >= 0.6 is 23.8 Å². The molecule has 3 aromatic carbocycles. The Morgan fingerprint density at radius 3 is 1.97 bits per heavy atom. The Bertz CT molecular complexity index is 1280. The Kier molecular flexibility index (Phi) is 5.65. The molecule has 0 radical (unpaired) electrons. The topological polar surface area (TPSA) is 58.0 Å². The van der Waals surface area contributed by atoms with Crippen molar-refractivity contribution in [1.82, 2.24) is 9.55 Å². The first-order valence-corrected chi connectivity index (χ1v) is 10.00. The Morgan fingerprint density at radius 1 is 0.900 bits per heavy atom. The molecule has 30 heavy (non-hydrogen) atoms. The van der Waals surface area contributed by atoms with Crippen LogP contribution in [0.5, 0.6) is 5.88 Å². The van der Waals surface area contributed by atoms with Crippen molar-refractivity contribution in [3.05, 3.63) is 122 Å². The lowest BCUT2D eigenvalue weighted by molar-refractivity contribution is 0.432. The van der Waals surface area contributed by atoms with Gasteiger partial charge in [-0.3, -0.25) is 14.3 Å². The van der Waals surface area contributed by atoms with E-state index < -0.39 is 5.56 Å². The molecule has 0 unspecified atom stereocenters. The van der Waals surface area contributed by atoms with Crippen LogP contribution in [0, 0.1) is 4.77 Å². The second kappa shape index (κ2) is 8.53. The lowest BCUT2D eigenvalue weighted by atomic mass is 9.96. The van der Waals surface area contributed by atoms with Gasteiger partial charge in [-0.25, -0.2) is 0 Å². The van der Waals surface area contributed by atoms with Gasteiger partial charge in [0.1, 0.15) is 5.56 Å². The number of hydrogen-bond donors (Lipinski definition) is 2. The van der Waals surface area contributed by atoms with Gasteiger partial charge < -0.3 is 5.11 Å². The first-order valence-electron chi connectivity index (χ1n) is 9.21. The highest BCUT2D eigenvalue weighted by atomic mass is 35.5. The summed E-state index contributed by atoms with van der Waals surface area (Å²) < 4.78 is 1.50. The fourth-order valence-corrected chi connectivity index (χ4v) is 3.62. The number of aromatic hydroxyl groups is 1. The molecule has 0 spiro atoms. The second-order valence-electron chi connectivity index (χ2n) is 6.60. The summed E-state index contributed by atoms with van der Waals surface area (Å²) in [7, 11) is 0. The molecule has 0 aliphatic heterocycles. The van der Waals surface area contributed by atoms with E-state index in [2.05, 4.69) is 4.98 Å². The third-order valence-electron chi connectivity index (χ3n) is 4.66. The number of rotatable bonds is 4. The van der Waals surface area contributed by atoms with Gasteiger partial charge in [0.05, 0.1) is 5.69 Å². The van der Waals surface area contributed by atoms with Gasteiger partial charge in [0, 0.05) is 5.02 Å². The standard InChI is InChI=1S/C24H17ClN2O2S/c25-18-11-13-19(14-12-18)27-23(29)21(22(28)26-24(27)30)15-20(16-7-3-1-4-8-16)17-9-5-2-6-10-17/h1-15,29H,(H,26,28,30). The van der Waals surface area contributed by atoms with Gasteiger partial charge in [0.15, 0.2) is 4.77 Å². The summed E-state index contributed by atoms with van der Waals surface area (Å²) in [5, 5.41) is 11.6. The van der Waals surface area contributed by atoms with Crippen LogP contribution in [0.4, 0.5) is 0 Å². The van der Waals surface area contributed by atoms with Crippen molar-refractivity contribution in [3.8, 4) is 11.6 Å². The monoisotopic (exact) mass is 432 g/mol. The molecule has 0 amide bonds. The molecule has 4 aromatic rings. The number of nitrogens with one attached hydrogen (secondary N) is 1. The minimum Gasteiger partial charge on any atom is -0.494 e. The zero-order valence-electron chi connectivity index (χ0n) is 15.7. The van der Waals surface area contributed by atoms with Crippen LogP contribution in [-0.4, -0.2) is 14.7 Å². The smallest absolute Gasteiger partial charge is 0.262 e. The normalized spacial score (nSPS) is 10.6. The molecule has 148 valence electrons. The maximum atomic E-state index is 12.7. The summed E-state index contributed by atoms with van der Waals surface area (Å²) in [5.41, 5.74) is 2.88. The quantitative estimate of drug-likeness (QED) is 0.398. The van der Waals surface area contributed by atoms with E-state index >= 15 is 0 Å². The highest BCUT2D eigenvalue weighted by molar-refractivity contribution is 7.71. The van der Waals surface area contributed by atoms with E-state index in [-0.39, 0.29) is 16.2 Å². The number of halogens is 1.